The Bertz CT molecular complexity index is 1360. The highest BCUT2D eigenvalue weighted by Crippen LogP contribution is 2.34. The van der Waals surface area contributed by atoms with Gasteiger partial charge in [-0.05, 0) is 54.4 Å². The molecule has 0 saturated carbocycles. The molecule has 0 aromatic heterocycles. The lowest BCUT2D eigenvalue weighted by atomic mass is 9.89. The molecule has 9 heteroatoms. The molecule has 9 nitrogen and oxygen atoms in total. The predicted molar refractivity (Wildman–Crippen MR) is 151 cm³/mol. The third kappa shape index (κ3) is 6.27. The van der Waals surface area contributed by atoms with Crippen LogP contribution in [0.15, 0.2) is 83.9 Å². The Labute approximate surface area is 233 Å². The number of carbonyl (C=O) groups is 1. The van der Waals surface area contributed by atoms with E-state index in [1.54, 1.807) is 0 Å². The lowest BCUT2D eigenvalue weighted by Crippen LogP contribution is -2.54. The lowest BCUT2D eigenvalue weighted by molar-refractivity contribution is -0.129. The quantitative estimate of drug-likeness (QED) is 0.234. The van der Waals surface area contributed by atoms with Crippen molar-refractivity contribution in [1.29, 1.82) is 0 Å². The van der Waals surface area contributed by atoms with E-state index in [0.29, 0.717) is 49.1 Å². The van der Waals surface area contributed by atoms with Gasteiger partial charge in [-0.3, -0.25) is 10.2 Å². The number of hydrogen-bond donors (Lipinski definition) is 3. The van der Waals surface area contributed by atoms with Gasteiger partial charge in [-0.1, -0.05) is 48.6 Å². The molecule has 2 heterocycles. The van der Waals surface area contributed by atoms with E-state index in [4.69, 9.17) is 29.0 Å². The van der Waals surface area contributed by atoms with Gasteiger partial charge in [-0.2, -0.15) is 0 Å². The third-order valence-corrected chi connectivity index (χ3v) is 6.80. The number of ether oxygens (including phenoxy) is 4. The Morgan fingerprint density at radius 2 is 1.90 bits per heavy atom. The second-order valence-corrected chi connectivity index (χ2v) is 9.56. The Balaban J connectivity index is 1.32. The van der Waals surface area contributed by atoms with Gasteiger partial charge >= 0.3 is 0 Å². The van der Waals surface area contributed by atoms with Gasteiger partial charge in [-0.15, -0.1) is 0 Å². The summed E-state index contributed by atoms with van der Waals surface area (Å²) in [4.78, 5) is 18.6. The first-order valence-electron chi connectivity index (χ1n) is 13.3. The standard InChI is InChI=1S/C31H33N3O6/c1-22-31(16-5-9-23-7-3-2-4-8-23,30(36)34-32-20-24-10-15-27-28(19-24)39-21-38-27)33-29(40-22)25-11-13-26(14-12-25)37-18-6-17-35/h2-5,7-15,19,22,32,35H,6,16-18,20-21H2,1H3,(H,34,36)/b9-5+/t22-,31-/m0/s1. The molecule has 0 aliphatic carbocycles. The minimum atomic E-state index is -1.18. The molecule has 0 saturated heterocycles. The molecule has 0 unspecified atom stereocenters. The van der Waals surface area contributed by atoms with E-state index in [9.17, 15) is 4.79 Å². The van der Waals surface area contributed by atoms with Crippen molar-refractivity contribution >= 4 is 17.9 Å². The Morgan fingerprint density at radius 1 is 1.10 bits per heavy atom. The molecule has 2 atom stereocenters. The Kier molecular flexibility index (Phi) is 8.63. The molecular formula is C31H33N3O6. The Hall–Kier alpha value is -4.34. The summed E-state index contributed by atoms with van der Waals surface area (Å²) >= 11 is 0. The van der Waals surface area contributed by atoms with Crippen LogP contribution in [0.5, 0.6) is 17.2 Å². The van der Waals surface area contributed by atoms with Gasteiger partial charge in [0.25, 0.3) is 5.91 Å². The molecule has 1 amide bonds. The van der Waals surface area contributed by atoms with Gasteiger partial charge in [0, 0.05) is 31.6 Å². The third-order valence-electron chi connectivity index (χ3n) is 6.80. The second kappa shape index (κ2) is 12.7. The highest BCUT2D eigenvalue weighted by atomic mass is 16.7. The van der Waals surface area contributed by atoms with Gasteiger partial charge in [-0.25, -0.2) is 10.4 Å². The first kappa shape index (κ1) is 27.2. The molecular weight excluding hydrogens is 510 g/mol. The second-order valence-electron chi connectivity index (χ2n) is 9.56. The number of hydrogen-bond acceptors (Lipinski definition) is 8. The van der Waals surface area contributed by atoms with E-state index in [2.05, 4.69) is 10.9 Å². The van der Waals surface area contributed by atoms with Crippen LogP contribution >= 0.6 is 0 Å². The van der Waals surface area contributed by atoms with Crippen LogP contribution in [0.3, 0.4) is 0 Å². The zero-order valence-corrected chi connectivity index (χ0v) is 22.3. The number of nitrogens with one attached hydrogen (secondary N) is 2. The van der Waals surface area contributed by atoms with Crippen LogP contribution in [0.2, 0.25) is 0 Å². The van der Waals surface area contributed by atoms with Crippen LogP contribution in [0.25, 0.3) is 6.08 Å². The molecule has 0 fully saturated rings. The number of nitrogens with zero attached hydrogens (tertiary/aromatic N) is 1. The summed E-state index contributed by atoms with van der Waals surface area (Å²) in [6.45, 7) is 2.97. The fourth-order valence-electron chi connectivity index (χ4n) is 4.51. The molecule has 2 aliphatic heterocycles. The van der Waals surface area contributed by atoms with Crippen LogP contribution in [0.1, 0.15) is 36.5 Å². The number of rotatable bonds is 12. The molecule has 5 rings (SSSR count). The summed E-state index contributed by atoms with van der Waals surface area (Å²) in [6.07, 6.45) is 4.32. The minimum absolute atomic E-state index is 0.0784. The summed E-state index contributed by atoms with van der Waals surface area (Å²) in [5, 5.41) is 8.96. The minimum Gasteiger partial charge on any atom is -0.494 e. The highest BCUT2D eigenvalue weighted by molar-refractivity contribution is 6.00. The topological polar surface area (TPSA) is 111 Å². The van der Waals surface area contributed by atoms with Crippen molar-refractivity contribution in [2.75, 3.05) is 20.0 Å². The van der Waals surface area contributed by atoms with Gasteiger partial charge in [0.2, 0.25) is 12.7 Å². The number of benzene rings is 3. The molecule has 2 aliphatic rings. The maximum absolute atomic E-state index is 13.7. The maximum atomic E-state index is 13.7. The van der Waals surface area contributed by atoms with Gasteiger partial charge in [0.1, 0.15) is 11.9 Å². The van der Waals surface area contributed by atoms with Crippen molar-refractivity contribution in [3.63, 3.8) is 0 Å². The number of hydrazine groups is 1. The summed E-state index contributed by atoms with van der Waals surface area (Å²) < 4.78 is 22.6. The van der Waals surface area contributed by atoms with Gasteiger partial charge < -0.3 is 24.1 Å². The van der Waals surface area contributed by atoms with Crippen molar-refractivity contribution in [2.45, 2.75) is 38.0 Å². The fraction of sp³-hybridized carbons (Fsp3) is 0.290. The molecule has 40 heavy (non-hydrogen) atoms. The van der Waals surface area contributed by atoms with Crippen molar-refractivity contribution in [3.05, 3.63) is 95.6 Å². The van der Waals surface area contributed by atoms with E-state index >= 15 is 0 Å². The first-order chi connectivity index (χ1) is 19.6. The normalized spacial score (nSPS) is 19.4. The van der Waals surface area contributed by atoms with Crippen LogP contribution in [-0.4, -0.2) is 48.6 Å². The zero-order valence-electron chi connectivity index (χ0n) is 22.3. The maximum Gasteiger partial charge on any atom is 0.266 e. The molecule has 0 bridgehead atoms. The van der Waals surface area contributed by atoms with Crippen molar-refractivity contribution in [3.8, 4) is 17.2 Å². The number of amides is 1. The van der Waals surface area contributed by atoms with E-state index in [0.717, 1.165) is 16.7 Å². The first-order valence-corrected chi connectivity index (χ1v) is 13.3. The SMILES string of the molecule is C[C@@H]1OC(c2ccc(OCCCO)cc2)=N[C@]1(C/C=C/c1ccccc1)C(=O)NNCc1ccc2c(c1)OCO2. The van der Waals surface area contributed by atoms with Gasteiger partial charge in [0.05, 0.1) is 6.61 Å². The number of aliphatic imine (C=N–C) groups is 1. The number of carbonyl (C=O) groups excluding carboxylic acids is 1. The van der Waals surface area contributed by atoms with Crippen molar-refractivity contribution in [1.82, 2.24) is 10.9 Å². The van der Waals surface area contributed by atoms with Crippen LogP contribution in [0.4, 0.5) is 0 Å². The monoisotopic (exact) mass is 543 g/mol. The molecule has 0 radical (unpaired) electrons. The summed E-state index contributed by atoms with van der Waals surface area (Å²) in [7, 11) is 0. The number of aliphatic hydroxyl groups excluding tert-OH is 1. The number of fused-ring (bicyclic) bond motifs is 1. The van der Waals surface area contributed by atoms with Crippen LogP contribution in [0, 0.1) is 0 Å². The van der Waals surface area contributed by atoms with Crippen LogP contribution in [-0.2, 0) is 16.1 Å². The van der Waals surface area contributed by atoms with E-state index in [1.165, 1.54) is 0 Å². The van der Waals surface area contributed by atoms with E-state index in [-0.39, 0.29) is 19.3 Å². The summed E-state index contributed by atoms with van der Waals surface area (Å²) in [5.74, 6) is 2.18. The molecule has 3 N–H and O–H groups in total. The number of aliphatic hydroxyl groups is 1. The van der Waals surface area contributed by atoms with Crippen molar-refractivity contribution < 1.29 is 28.8 Å². The Morgan fingerprint density at radius 3 is 2.70 bits per heavy atom. The fourth-order valence-corrected chi connectivity index (χ4v) is 4.51. The average Bonchev–Trinajstić information content (AvgIpc) is 3.58. The summed E-state index contributed by atoms with van der Waals surface area (Å²) in [6, 6.07) is 22.9. The lowest BCUT2D eigenvalue weighted by Gasteiger charge is -2.27. The zero-order chi connectivity index (χ0) is 27.8. The van der Waals surface area contributed by atoms with Crippen molar-refractivity contribution in [2.24, 2.45) is 4.99 Å². The van der Waals surface area contributed by atoms with Gasteiger partial charge in [0.15, 0.2) is 17.0 Å². The van der Waals surface area contributed by atoms with E-state index < -0.39 is 11.6 Å². The van der Waals surface area contributed by atoms with E-state index in [1.807, 2.05) is 91.9 Å². The molecule has 3 aromatic rings. The summed E-state index contributed by atoms with van der Waals surface area (Å²) in [5.41, 5.74) is 7.41. The van der Waals surface area contributed by atoms with Crippen LogP contribution < -0.4 is 25.1 Å². The largest absolute Gasteiger partial charge is 0.494 e. The average molecular weight is 544 g/mol. The molecule has 0 spiro atoms. The molecule has 3 aromatic carbocycles. The molecule has 208 valence electrons. The predicted octanol–water partition coefficient (Wildman–Crippen LogP) is 4.01. The highest BCUT2D eigenvalue weighted by Gasteiger charge is 2.49. The smallest absolute Gasteiger partial charge is 0.266 e.